The van der Waals surface area contributed by atoms with Crippen molar-refractivity contribution >= 4 is 33.2 Å². The molecule has 0 aliphatic heterocycles. The Morgan fingerprint density at radius 2 is 1.65 bits per heavy atom. The molecule has 0 bridgehead atoms. The van der Waals surface area contributed by atoms with E-state index in [0.29, 0.717) is 10.8 Å². The molecule has 0 heterocycles. The Labute approximate surface area is 205 Å². The maximum Gasteiger partial charge on any atom is 0.264 e. The van der Waals surface area contributed by atoms with Crippen LogP contribution in [0.5, 0.6) is 11.5 Å². The number of anilines is 1. The Kier molecular flexibility index (Phi) is 8.06. The van der Waals surface area contributed by atoms with Crippen LogP contribution in [0.2, 0.25) is 5.02 Å². The van der Waals surface area contributed by atoms with Gasteiger partial charge >= 0.3 is 0 Å². The fourth-order valence-corrected chi connectivity index (χ4v) is 4.98. The molecular weight excluding hydrogens is 476 g/mol. The lowest BCUT2D eigenvalue weighted by Crippen LogP contribution is -2.41. The molecule has 1 unspecified atom stereocenters. The van der Waals surface area contributed by atoms with Crippen molar-refractivity contribution < 1.29 is 22.7 Å². The summed E-state index contributed by atoms with van der Waals surface area (Å²) in [6.45, 7) is 3.22. The fourth-order valence-electron chi connectivity index (χ4n) is 3.39. The lowest BCUT2D eigenvalue weighted by molar-refractivity contribution is -0.120. The number of carbonyl (C=O) groups is 1. The second-order valence-electron chi connectivity index (χ2n) is 7.70. The Morgan fingerprint density at radius 3 is 2.24 bits per heavy atom. The van der Waals surface area contributed by atoms with Crippen molar-refractivity contribution in [3.05, 3.63) is 82.9 Å². The zero-order chi connectivity index (χ0) is 24.9. The third kappa shape index (κ3) is 5.81. The molecule has 1 N–H and O–H groups in total. The summed E-state index contributed by atoms with van der Waals surface area (Å²) in [4.78, 5) is 13.1. The third-order valence-corrected chi connectivity index (χ3v) is 7.31. The molecule has 0 spiro atoms. The molecule has 0 saturated carbocycles. The molecular formula is C25H27ClN2O5S. The lowest BCUT2D eigenvalue weighted by atomic mass is 10.1. The first-order chi connectivity index (χ1) is 16.1. The van der Waals surface area contributed by atoms with E-state index in [0.717, 1.165) is 15.4 Å². The van der Waals surface area contributed by atoms with Gasteiger partial charge in [0.1, 0.15) is 18.0 Å². The first-order valence-electron chi connectivity index (χ1n) is 10.5. The van der Waals surface area contributed by atoms with Gasteiger partial charge in [0.15, 0.2) is 0 Å². The normalized spacial score (nSPS) is 12.0. The third-order valence-electron chi connectivity index (χ3n) is 5.30. The highest BCUT2D eigenvalue weighted by atomic mass is 35.5. The number of aryl methyl sites for hydroxylation is 1. The number of hydrogen-bond acceptors (Lipinski definition) is 5. The maximum atomic E-state index is 13.6. The summed E-state index contributed by atoms with van der Waals surface area (Å²) in [5.74, 6) is 0.489. The van der Waals surface area contributed by atoms with Gasteiger partial charge < -0.3 is 14.8 Å². The molecule has 0 aliphatic rings. The Hall–Kier alpha value is -3.23. The van der Waals surface area contributed by atoms with Crippen molar-refractivity contribution in [1.29, 1.82) is 0 Å². The van der Waals surface area contributed by atoms with E-state index in [1.54, 1.807) is 43.5 Å². The lowest BCUT2D eigenvalue weighted by Gasteiger charge is -2.26. The zero-order valence-corrected chi connectivity index (χ0v) is 21.0. The zero-order valence-electron chi connectivity index (χ0n) is 19.4. The summed E-state index contributed by atoms with van der Waals surface area (Å²) < 4.78 is 38.8. The van der Waals surface area contributed by atoms with Crippen molar-refractivity contribution in [2.45, 2.75) is 24.8 Å². The highest BCUT2D eigenvalue weighted by molar-refractivity contribution is 7.92. The minimum absolute atomic E-state index is 0.0520. The molecule has 180 valence electrons. The van der Waals surface area contributed by atoms with Crippen LogP contribution < -0.4 is 19.1 Å². The van der Waals surface area contributed by atoms with Crippen LogP contribution in [0, 0.1) is 6.92 Å². The second kappa shape index (κ2) is 10.8. The SMILES string of the molecule is COc1ccc(C(C)NC(=O)CN(c2cc(Cl)ccc2OC)S(=O)(=O)c2ccc(C)cc2)cc1. The molecule has 0 aromatic heterocycles. The fraction of sp³-hybridized carbons (Fsp3) is 0.240. The summed E-state index contributed by atoms with van der Waals surface area (Å²) in [5, 5.41) is 3.17. The Morgan fingerprint density at radius 1 is 1.00 bits per heavy atom. The minimum atomic E-state index is -4.11. The standard InChI is InChI=1S/C25H27ClN2O5S/c1-17-5-12-22(13-6-17)34(30,31)28(23-15-20(26)9-14-24(23)33-4)16-25(29)27-18(2)19-7-10-21(32-3)11-8-19/h5-15,18H,16H2,1-4H3,(H,27,29). The maximum absolute atomic E-state index is 13.6. The van der Waals surface area contributed by atoms with E-state index >= 15 is 0 Å². The van der Waals surface area contributed by atoms with Gasteiger partial charge in [-0.1, -0.05) is 41.4 Å². The molecule has 0 radical (unpaired) electrons. The van der Waals surface area contributed by atoms with Crippen molar-refractivity contribution in [1.82, 2.24) is 5.32 Å². The van der Waals surface area contributed by atoms with Crippen LogP contribution in [0.4, 0.5) is 5.69 Å². The smallest absolute Gasteiger partial charge is 0.264 e. The van der Waals surface area contributed by atoms with Gasteiger partial charge in [0.2, 0.25) is 5.91 Å². The number of benzene rings is 3. The van der Waals surface area contributed by atoms with E-state index in [4.69, 9.17) is 21.1 Å². The van der Waals surface area contributed by atoms with Gasteiger partial charge in [0.05, 0.1) is 30.8 Å². The van der Waals surface area contributed by atoms with Gasteiger partial charge in [-0.25, -0.2) is 8.42 Å². The number of nitrogens with zero attached hydrogens (tertiary/aromatic N) is 1. The summed E-state index contributed by atoms with van der Waals surface area (Å²) in [6, 6.07) is 17.9. The van der Waals surface area contributed by atoms with E-state index in [-0.39, 0.29) is 22.4 Å². The number of sulfonamides is 1. The predicted molar refractivity (Wildman–Crippen MR) is 133 cm³/mol. The van der Waals surface area contributed by atoms with Crippen molar-refractivity contribution in [2.24, 2.45) is 0 Å². The van der Waals surface area contributed by atoms with Crippen LogP contribution >= 0.6 is 11.6 Å². The molecule has 0 saturated heterocycles. The van der Waals surface area contributed by atoms with Gasteiger partial charge in [-0.15, -0.1) is 0 Å². The number of methoxy groups -OCH3 is 2. The van der Waals surface area contributed by atoms with Crippen LogP contribution in [-0.4, -0.2) is 35.1 Å². The van der Waals surface area contributed by atoms with Crippen LogP contribution in [0.25, 0.3) is 0 Å². The summed E-state index contributed by atoms with van der Waals surface area (Å²) in [6.07, 6.45) is 0. The number of ether oxygens (including phenoxy) is 2. The largest absolute Gasteiger partial charge is 0.497 e. The number of rotatable bonds is 9. The quantitative estimate of drug-likeness (QED) is 0.457. The molecule has 0 fully saturated rings. The molecule has 34 heavy (non-hydrogen) atoms. The number of nitrogens with one attached hydrogen (secondary N) is 1. The number of amides is 1. The highest BCUT2D eigenvalue weighted by Crippen LogP contribution is 2.35. The number of hydrogen-bond donors (Lipinski definition) is 1. The van der Waals surface area contributed by atoms with Crippen molar-refractivity contribution in [3.8, 4) is 11.5 Å². The van der Waals surface area contributed by atoms with E-state index in [1.807, 2.05) is 26.0 Å². The van der Waals surface area contributed by atoms with Gasteiger partial charge in [0.25, 0.3) is 10.0 Å². The molecule has 9 heteroatoms. The van der Waals surface area contributed by atoms with E-state index < -0.39 is 22.5 Å². The highest BCUT2D eigenvalue weighted by Gasteiger charge is 2.30. The summed E-state index contributed by atoms with van der Waals surface area (Å²) >= 11 is 6.17. The van der Waals surface area contributed by atoms with Crippen LogP contribution in [0.15, 0.2) is 71.6 Å². The van der Waals surface area contributed by atoms with Gasteiger partial charge in [-0.05, 0) is 61.9 Å². The molecule has 3 aromatic carbocycles. The van der Waals surface area contributed by atoms with E-state index in [1.165, 1.54) is 25.3 Å². The Balaban J connectivity index is 1.94. The van der Waals surface area contributed by atoms with Crippen LogP contribution in [-0.2, 0) is 14.8 Å². The van der Waals surface area contributed by atoms with Crippen molar-refractivity contribution in [3.63, 3.8) is 0 Å². The van der Waals surface area contributed by atoms with E-state index in [2.05, 4.69) is 5.32 Å². The average molecular weight is 503 g/mol. The molecule has 3 aromatic rings. The van der Waals surface area contributed by atoms with E-state index in [9.17, 15) is 13.2 Å². The monoisotopic (exact) mass is 502 g/mol. The van der Waals surface area contributed by atoms with Crippen LogP contribution in [0.3, 0.4) is 0 Å². The van der Waals surface area contributed by atoms with Crippen LogP contribution in [0.1, 0.15) is 24.1 Å². The first kappa shape index (κ1) is 25.4. The second-order valence-corrected chi connectivity index (χ2v) is 10.0. The number of halogens is 1. The summed E-state index contributed by atoms with van der Waals surface area (Å²) in [5.41, 5.74) is 1.93. The van der Waals surface area contributed by atoms with Gasteiger partial charge in [0, 0.05) is 5.02 Å². The molecule has 0 aliphatic carbocycles. The molecule has 1 amide bonds. The minimum Gasteiger partial charge on any atom is -0.497 e. The Bertz CT molecular complexity index is 1250. The van der Waals surface area contributed by atoms with Crippen molar-refractivity contribution in [2.75, 3.05) is 25.1 Å². The molecule has 7 nitrogen and oxygen atoms in total. The molecule has 1 atom stereocenters. The predicted octanol–water partition coefficient (Wildman–Crippen LogP) is 4.74. The molecule has 3 rings (SSSR count). The summed E-state index contributed by atoms with van der Waals surface area (Å²) in [7, 11) is -1.10. The average Bonchev–Trinajstić information content (AvgIpc) is 2.82. The van der Waals surface area contributed by atoms with Gasteiger partial charge in [-0.3, -0.25) is 9.10 Å². The first-order valence-corrected chi connectivity index (χ1v) is 12.3. The van der Waals surface area contributed by atoms with Gasteiger partial charge in [-0.2, -0.15) is 0 Å². The topological polar surface area (TPSA) is 84.9 Å². The number of carbonyl (C=O) groups excluding carboxylic acids is 1.